The van der Waals surface area contributed by atoms with Crippen LogP contribution in [-0.2, 0) is 0 Å². The summed E-state index contributed by atoms with van der Waals surface area (Å²) >= 11 is 3.41. The number of ether oxygens (including phenoxy) is 1. The Morgan fingerprint density at radius 3 is 2.71 bits per heavy atom. The van der Waals surface area contributed by atoms with E-state index in [2.05, 4.69) is 39.7 Å². The number of rotatable bonds is 6. The zero-order valence-corrected chi connectivity index (χ0v) is 15.4. The summed E-state index contributed by atoms with van der Waals surface area (Å²) in [4.78, 5) is 19.8. The molecule has 7 heteroatoms. The van der Waals surface area contributed by atoms with Crippen LogP contribution in [-0.4, -0.2) is 27.7 Å². The van der Waals surface area contributed by atoms with Crippen LogP contribution in [0.5, 0.6) is 5.75 Å². The summed E-state index contributed by atoms with van der Waals surface area (Å²) in [6.07, 6.45) is 0.895. The molecule has 0 bridgehead atoms. The van der Waals surface area contributed by atoms with E-state index in [1.54, 1.807) is 19.1 Å². The lowest BCUT2D eigenvalue weighted by Crippen LogP contribution is -2.10. The number of nitrogens with two attached hydrogens (primary N) is 1. The Morgan fingerprint density at radius 2 is 2.08 bits per heavy atom. The molecule has 2 aromatic rings. The molecule has 0 saturated carbocycles. The van der Waals surface area contributed by atoms with Crippen molar-refractivity contribution in [2.24, 2.45) is 5.92 Å². The van der Waals surface area contributed by atoms with E-state index in [0.717, 1.165) is 10.9 Å². The maximum Gasteiger partial charge on any atom is 0.339 e. The molecule has 0 fully saturated rings. The van der Waals surface area contributed by atoms with E-state index in [1.165, 1.54) is 0 Å². The molecule has 0 spiro atoms. The van der Waals surface area contributed by atoms with E-state index in [0.29, 0.717) is 29.5 Å². The average Bonchev–Trinajstić information content (AvgIpc) is 2.47. The number of aromatic nitrogens is 2. The van der Waals surface area contributed by atoms with Crippen molar-refractivity contribution in [1.29, 1.82) is 0 Å². The van der Waals surface area contributed by atoms with Gasteiger partial charge in [-0.3, -0.25) is 0 Å². The Kier molecular flexibility index (Phi) is 5.77. The maximum atomic E-state index is 11.7. The standard InChI is InChI=1S/C17H20BrN3O3/c1-9(2)6-7-24-13-5-4-11(18)8-12(13)15-14(16(22)23)10(3)20-17(19)21-15/h4-5,8-9H,6-7H2,1-3H3,(H,22,23)(H2,19,20,21). The van der Waals surface area contributed by atoms with Crippen LogP contribution < -0.4 is 10.5 Å². The predicted octanol–water partition coefficient (Wildman–Crippen LogP) is 3.92. The van der Waals surface area contributed by atoms with Crippen molar-refractivity contribution >= 4 is 27.8 Å². The van der Waals surface area contributed by atoms with Gasteiger partial charge in [-0.2, -0.15) is 0 Å². The smallest absolute Gasteiger partial charge is 0.339 e. The van der Waals surface area contributed by atoms with Gasteiger partial charge in [0.15, 0.2) is 0 Å². The second kappa shape index (κ2) is 7.61. The van der Waals surface area contributed by atoms with Crippen molar-refractivity contribution in [1.82, 2.24) is 9.97 Å². The van der Waals surface area contributed by atoms with Crippen LogP contribution in [0, 0.1) is 12.8 Å². The number of nitrogen functional groups attached to an aromatic ring is 1. The number of aromatic carboxylic acids is 1. The van der Waals surface area contributed by atoms with Gasteiger partial charge in [-0.1, -0.05) is 29.8 Å². The van der Waals surface area contributed by atoms with E-state index in [9.17, 15) is 9.90 Å². The average molecular weight is 394 g/mol. The predicted molar refractivity (Wildman–Crippen MR) is 96.2 cm³/mol. The number of nitrogens with zero attached hydrogens (tertiary/aromatic N) is 2. The van der Waals surface area contributed by atoms with Gasteiger partial charge in [-0.05, 0) is 37.5 Å². The molecular formula is C17H20BrN3O3. The molecule has 0 unspecified atom stereocenters. The van der Waals surface area contributed by atoms with Crippen LogP contribution in [0.3, 0.4) is 0 Å². The third-order valence-corrected chi connectivity index (χ3v) is 3.96. The van der Waals surface area contributed by atoms with Gasteiger partial charge in [0.05, 0.1) is 18.0 Å². The number of carboxylic acid groups (broad SMARTS) is 1. The zero-order chi connectivity index (χ0) is 17.9. The van der Waals surface area contributed by atoms with E-state index in [1.807, 2.05) is 6.07 Å². The molecule has 0 radical (unpaired) electrons. The van der Waals surface area contributed by atoms with Gasteiger partial charge in [0.2, 0.25) is 5.95 Å². The highest BCUT2D eigenvalue weighted by atomic mass is 79.9. The quantitative estimate of drug-likeness (QED) is 0.771. The summed E-state index contributed by atoms with van der Waals surface area (Å²) in [5, 5.41) is 9.53. The summed E-state index contributed by atoms with van der Waals surface area (Å²) in [5.74, 6) is 0.00507. The monoisotopic (exact) mass is 393 g/mol. The molecule has 0 aliphatic carbocycles. The first-order chi connectivity index (χ1) is 11.3. The van der Waals surface area contributed by atoms with Gasteiger partial charge in [-0.25, -0.2) is 14.8 Å². The maximum absolute atomic E-state index is 11.7. The van der Waals surface area contributed by atoms with Crippen molar-refractivity contribution in [2.45, 2.75) is 27.2 Å². The normalized spacial score (nSPS) is 10.9. The van der Waals surface area contributed by atoms with Crippen LogP contribution in [0.25, 0.3) is 11.3 Å². The van der Waals surface area contributed by atoms with Crippen molar-refractivity contribution < 1.29 is 14.6 Å². The lowest BCUT2D eigenvalue weighted by molar-refractivity contribution is 0.0696. The molecule has 0 saturated heterocycles. The molecule has 1 aromatic carbocycles. The molecule has 24 heavy (non-hydrogen) atoms. The third kappa shape index (κ3) is 4.23. The Labute approximate surface area is 149 Å². The fraction of sp³-hybridized carbons (Fsp3) is 0.353. The van der Waals surface area contributed by atoms with Gasteiger partial charge in [-0.15, -0.1) is 0 Å². The van der Waals surface area contributed by atoms with Crippen molar-refractivity contribution in [3.8, 4) is 17.0 Å². The number of carbonyl (C=O) groups is 1. The van der Waals surface area contributed by atoms with Gasteiger partial charge in [0.1, 0.15) is 11.3 Å². The summed E-state index contributed by atoms with van der Waals surface area (Å²) in [6, 6.07) is 5.41. The minimum absolute atomic E-state index is 0.0241. The molecule has 1 aromatic heterocycles. The number of aryl methyl sites for hydroxylation is 1. The Morgan fingerprint density at radius 1 is 1.38 bits per heavy atom. The third-order valence-electron chi connectivity index (χ3n) is 3.47. The highest BCUT2D eigenvalue weighted by Crippen LogP contribution is 2.35. The second-order valence-electron chi connectivity index (χ2n) is 5.87. The highest BCUT2D eigenvalue weighted by Gasteiger charge is 2.21. The second-order valence-corrected chi connectivity index (χ2v) is 6.78. The molecule has 128 valence electrons. The van der Waals surface area contributed by atoms with Crippen LogP contribution in [0.2, 0.25) is 0 Å². The fourth-order valence-electron chi connectivity index (χ4n) is 2.26. The first-order valence-corrected chi connectivity index (χ1v) is 8.39. The first kappa shape index (κ1) is 18.2. The van der Waals surface area contributed by atoms with Gasteiger partial charge < -0.3 is 15.6 Å². The molecule has 0 atom stereocenters. The summed E-state index contributed by atoms with van der Waals surface area (Å²) < 4.78 is 6.65. The van der Waals surface area contributed by atoms with Gasteiger partial charge >= 0.3 is 5.97 Å². The number of benzene rings is 1. The van der Waals surface area contributed by atoms with Crippen LogP contribution >= 0.6 is 15.9 Å². The zero-order valence-electron chi connectivity index (χ0n) is 13.8. The van der Waals surface area contributed by atoms with Crippen LogP contribution in [0.1, 0.15) is 36.3 Å². The molecule has 3 N–H and O–H groups in total. The summed E-state index contributed by atoms with van der Waals surface area (Å²) in [5.41, 5.74) is 6.90. The fourth-order valence-corrected chi connectivity index (χ4v) is 2.62. The van der Waals surface area contributed by atoms with Crippen molar-refractivity contribution in [3.63, 3.8) is 0 Å². The highest BCUT2D eigenvalue weighted by molar-refractivity contribution is 9.10. The van der Waals surface area contributed by atoms with Crippen molar-refractivity contribution in [3.05, 3.63) is 33.9 Å². The van der Waals surface area contributed by atoms with Crippen LogP contribution in [0.15, 0.2) is 22.7 Å². The van der Waals surface area contributed by atoms with E-state index in [4.69, 9.17) is 10.5 Å². The SMILES string of the molecule is Cc1nc(N)nc(-c2cc(Br)ccc2OCCC(C)C)c1C(=O)O. The molecule has 1 heterocycles. The van der Waals surface area contributed by atoms with Crippen LogP contribution in [0.4, 0.5) is 5.95 Å². The lowest BCUT2D eigenvalue weighted by atomic mass is 10.0. The summed E-state index contributed by atoms with van der Waals surface area (Å²) in [7, 11) is 0. The topological polar surface area (TPSA) is 98.3 Å². The number of hydrogen-bond donors (Lipinski definition) is 2. The van der Waals surface area contributed by atoms with E-state index < -0.39 is 5.97 Å². The van der Waals surface area contributed by atoms with E-state index >= 15 is 0 Å². The van der Waals surface area contributed by atoms with Crippen molar-refractivity contribution in [2.75, 3.05) is 12.3 Å². The molecule has 0 aliphatic heterocycles. The Balaban J connectivity index is 2.55. The Hall–Kier alpha value is -2.15. The molecule has 2 rings (SSSR count). The number of hydrogen-bond acceptors (Lipinski definition) is 5. The molecule has 0 aliphatic rings. The van der Waals surface area contributed by atoms with Gasteiger partial charge in [0.25, 0.3) is 0 Å². The molecular weight excluding hydrogens is 374 g/mol. The number of carboxylic acids is 1. The minimum atomic E-state index is -1.10. The van der Waals surface area contributed by atoms with E-state index in [-0.39, 0.29) is 17.2 Å². The Bertz CT molecular complexity index is 763. The van der Waals surface area contributed by atoms with Gasteiger partial charge in [0, 0.05) is 10.0 Å². The largest absolute Gasteiger partial charge is 0.493 e. The number of anilines is 1. The summed E-state index contributed by atoms with van der Waals surface area (Å²) in [6.45, 7) is 6.36. The first-order valence-electron chi connectivity index (χ1n) is 7.59. The molecule has 0 amide bonds. The minimum Gasteiger partial charge on any atom is -0.493 e. The lowest BCUT2D eigenvalue weighted by Gasteiger charge is -2.15. The number of halogens is 1. The molecule has 6 nitrogen and oxygen atoms in total.